The first-order chi connectivity index (χ1) is 9.70. The van der Waals surface area contributed by atoms with Crippen molar-refractivity contribution in [3.05, 3.63) is 18.2 Å². The number of aromatic nitrogens is 1. The maximum Gasteiger partial charge on any atom is 0.186 e. The number of nitrogens with zero attached hydrogens (tertiary/aromatic N) is 3. The summed E-state index contributed by atoms with van der Waals surface area (Å²) >= 11 is 1.77. The largest absolute Gasteiger partial charge is 0.399 e. The third kappa shape index (κ3) is 1.96. The zero-order chi connectivity index (χ0) is 13.7. The van der Waals surface area contributed by atoms with Crippen LogP contribution >= 0.6 is 11.3 Å². The van der Waals surface area contributed by atoms with Gasteiger partial charge in [-0.1, -0.05) is 11.3 Å². The Hall–Kier alpha value is -1.33. The van der Waals surface area contributed by atoms with Crippen molar-refractivity contribution >= 4 is 32.4 Å². The summed E-state index contributed by atoms with van der Waals surface area (Å²) in [6.07, 6.45) is 3.95. The molecule has 2 aliphatic heterocycles. The molecular weight excluding hydrogens is 268 g/mol. The lowest BCUT2D eigenvalue weighted by molar-refractivity contribution is 0.254. The number of hydrogen-bond acceptors (Lipinski definition) is 5. The van der Waals surface area contributed by atoms with Crippen LogP contribution in [0.15, 0.2) is 18.2 Å². The van der Waals surface area contributed by atoms with E-state index < -0.39 is 0 Å². The van der Waals surface area contributed by atoms with Gasteiger partial charge >= 0.3 is 0 Å². The van der Waals surface area contributed by atoms with E-state index >= 15 is 0 Å². The van der Waals surface area contributed by atoms with Gasteiger partial charge in [0.25, 0.3) is 0 Å². The Balaban J connectivity index is 1.65. The van der Waals surface area contributed by atoms with Gasteiger partial charge in [-0.15, -0.1) is 0 Å². The number of hydrogen-bond donors (Lipinski definition) is 1. The van der Waals surface area contributed by atoms with Crippen molar-refractivity contribution in [3.63, 3.8) is 0 Å². The number of anilines is 2. The topological polar surface area (TPSA) is 45.4 Å². The highest BCUT2D eigenvalue weighted by Gasteiger charge is 2.35. The number of thiazole rings is 1. The average Bonchev–Trinajstić information content (AvgIpc) is 2.91. The van der Waals surface area contributed by atoms with Crippen LogP contribution < -0.4 is 10.6 Å². The summed E-state index contributed by atoms with van der Waals surface area (Å²) in [5.74, 6) is 0. The predicted molar refractivity (Wildman–Crippen MR) is 85.4 cm³/mol. The second-order valence-electron chi connectivity index (χ2n) is 6.01. The van der Waals surface area contributed by atoms with Crippen molar-refractivity contribution in [2.24, 2.45) is 0 Å². The molecule has 0 amide bonds. The van der Waals surface area contributed by atoms with Crippen LogP contribution in [-0.2, 0) is 0 Å². The molecule has 2 N–H and O–H groups in total. The van der Waals surface area contributed by atoms with Crippen molar-refractivity contribution in [1.82, 2.24) is 9.88 Å². The zero-order valence-corrected chi connectivity index (χ0v) is 12.6. The molecule has 5 heteroatoms. The molecule has 2 bridgehead atoms. The molecule has 2 aromatic rings. The van der Waals surface area contributed by atoms with Crippen LogP contribution in [0.3, 0.4) is 0 Å². The van der Waals surface area contributed by atoms with Crippen molar-refractivity contribution in [1.29, 1.82) is 0 Å². The Kier molecular flexibility index (Phi) is 2.86. The fraction of sp³-hybridized carbons (Fsp3) is 0.533. The molecule has 3 heterocycles. The molecule has 106 valence electrons. The van der Waals surface area contributed by atoms with E-state index in [1.54, 1.807) is 11.3 Å². The predicted octanol–water partition coefficient (Wildman–Crippen LogP) is 2.55. The van der Waals surface area contributed by atoms with Gasteiger partial charge in [0, 0.05) is 30.9 Å². The van der Waals surface area contributed by atoms with E-state index in [1.807, 2.05) is 18.2 Å². The monoisotopic (exact) mass is 288 g/mol. The Labute approximate surface area is 123 Å². The van der Waals surface area contributed by atoms with E-state index in [1.165, 1.54) is 24.0 Å². The summed E-state index contributed by atoms with van der Waals surface area (Å²) in [7, 11) is 2.28. The summed E-state index contributed by atoms with van der Waals surface area (Å²) in [5.41, 5.74) is 7.76. The normalized spacial score (nSPS) is 27.1. The summed E-state index contributed by atoms with van der Waals surface area (Å²) in [6, 6.07) is 7.46. The minimum Gasteiger partial charge on any atom is -0.399 e. The summed E-state index contributed by atoms with van der Waals surface area (Å²) in [6.45, 7) is 2.24. The Morgan fingerprint density at radius 2 is 2.10 bits per heavy atom. The highest BCUT2D eigenvalue weighted by atomic mass is 32.1. The third-order valence-corrected chi connectivity index (χ3v) is 5.90. The first kappa shape index (κ1) is 12.4. The first-order valence-electron chi connectivity index (χ1n) is 7.33. The fourth-order valence-electron chi connectivity index (χ4n) is 3.55. The molecule has 0 saturated carbocycles. The number of fused-ring (bicyclic) bond motifs is 3. The molecule has 20 heavy (non-hydrogen) atoms. The number of nitrogen functional groups attached to an aromatic ring is 1. The minimum atomic E-state index is 0.694. The Morgan fingerprint density at radius 3 is 3.00 bits per heavy atom. The van der Waals surface area contributed by atoms with Gasteiger partial charge in [-0.05, 0) is 44.5 Å². The van der Waals surface area contributed by atoms with E-state index in [0.717, 1.165) is 35.5 Å². The van der Waals surface area contributed by atoms with E-state index in [9.17, 15) is 0 Å². The first-order valence-corrected chi connectivity index (χ1v) is 8.15. The van der Waals surface area contributed by atoms with Crippen LogP contribution in [0.25, 0.3) is 10.2 Å². The van der Waals surface area contributed by atoms with Gasteiger partial charge in [-0.2, -0.15) is 0 Å². The SMILES string of the molecule is CN1C2CCC1CN(c1nc3ccc(N)cc3s1)CC2. The molecule has 2 atom stereocenters. The van der Waals surface area contributed by atoms with E-state index in [-0.39, 0.29) is 0 Å². The molecule has 2 unspecified atom stereocenters. The van der Waals surface area contributed by atoms with E-state index in [0.29, 0.717) is 6.04 Å². The Bertz CT molecular complexity index is 638. The number of nitrogens with two attached hydrogens (primary N) is 1. The van der Waals surface area contributed by atoms with Crippen LogP contribution in [-0.4, -0.2) is 42.1 Å². The maximum absolute atomic E-state index is 5.86. The molecule has 0 spiro atoms. The molecule has 0 radical (unpaired) electrons. The molecule has 4 rings (SSSR count). The van der Waals surface area contributed by atoms with Crippen molar-refractivity contribution in [2.45, 2.75) is 31.3 Å². The molecule has 2 aliphatic rings. The smallest absolute Gasteiger partial charge is 0.186 e. The third-order valence-electron chi connectivity index (χ3n) is 4.82. The average molecular weight is 288 g/mol. The molecule has 2 saturated heterocycles. The van der Waals surface area contributed by atoms with Gasteiger partial charge in [0.1, 0.15) is 0 Å². The zero-order valence-electron chi connectivity index (χ0n) is 11.7. The van der Waals surface area contributed by atoms with Crippen LogP contribution in [0.1, 0.15) is 19.3 Å². The van der Waals surface area contributed by atoms with Gasteiger partial charge in [0.05, 0.1) is 10.2 Å². The van der Waals surface area contributed by atoms with Crippen molar-refractivity contribution in [3.8, 4) is 0 Å². The maximum atomic E-state index is 5.86. The van der Waals surface area contributed by atoms with Gasteiger partial charge in [-0.25, -0.2) is 4.98 Å². The molecule has 1 aromatic carbocycles. The molecule has 0 aliphatic carbocycles. The van der Waals surface area contributed by atoms with Crippen LogP contribution in [0.5, 0.6) is 0 Å². The van der Waals surface area contributed by atoms with Gasteiger partial charge < -0.3 is 10.6 Å². The number of rotatable bonds is 1. The lowest BCUT2D eigenvalue weighted by Crippen LogP contribution is -2.36. The second kappa shape index (κ2) is 4.60. The quantitative estimate of drug-likeness (QED) is 0.819. The molecule has 4 nitrogen and oxygen atoms in total. The molecular formula is C15H20N4S. The number of benzene rings is 1. The summed E-state index contributed by atoms with van der Waals surface area (Å²) in [4.78, 5) is 9.85. The lowest BCUT2D eigenvalue weighted by atomic mass is 10.1. The second-order valence-corrected chi connectivity index (χ2v) is 7.02. The van der Waals surface area contributed by atoms with Gasteiger partial charge in [0.15, 0.2) is 5.13 Å². The standard InChI is InChI=1S/C15H20N4S/c1-18-11-3-4-12(18)9-19(7-6-11)15-17-13-5-2-10(16)8-14(13)20-15/h2,5,8,11-12H,3-4,6-7,9,16H2,1H3. The highest BCUT2D eigenvalue weighted by Crippen LogP contribution is 2.34. The fourth-order valence-corrected chi connectivity index (χ4v) is 4.60. The lowest BCUT2D eigenvalue weighted by Gasteiger charge is -2.25. The van der Waals surface area contributed by atoms with Crippen molar-refractivity contribution in [2.75, 3.05) is 30.8 Å². The van der Waals surface area contributed by atoms with Gasteiger partial charge in [-0.3, -0.25) is 4.90 Å². The van der Waals surface area contributed by atoms with Crippen LogP contribution in [0.2, 0.25) is 0 Å². The highest BCUT2D eigenvalue weighted by molar-refractivity contribution is 7.22. The van der Waals surface area contributed by atoms with E-state index in [4.69, 9.17) is 10.7 Å². The van der Waals surface area contributed by atoms with Crippen LogP contribution in [0, 0.1) is 0 Å². The van der Waals surface area contributed by atoms with Gasteiger partial charge in [0.2, 0.25) is 0 Å². The molecule has 1 aromatic heterocycles. The van der Waals surface area contributed by atoms with Crippen LogP contribution in [0.4, 0.5) is 10.8 Å². The van der Waals surface area contributed by atoms with E-state index in [2.05, 4.69) is 16.8 Å². The summed E-state index contributed by atoms with van der Waals surface area (Å²) in [5, 5.41) is 1.16. The Morgan fingerprint density at radius 1 is 1.25 bits per heavy atom. The molecule has 2 fully saturated rings. The van der Waals surface area contributed by atoms with Crippen molar-refractivity contribution < 1.29 is 0 Å². The minimum absolute atomic E-state index is 0.694. The summed E-state index contributed by atoms with van der Waals surface area (Å²) < 4.78 is 1.20. The number of likely N-dealkylation sites (N-methyl/N-ethyl adjacent to an activating group) is 1.